The number of imide groups is 1. The summed E-state index contributed by atoms with van der Waals surface area (Å²) in [7, 11) is 1.22. The molecule has 20 heavy (non-hydrogen) atoms. The molecule has 0 unspecified atom stereocenters. The molecule has 2 heterocycles. The average Bonchev–Trinajstić information content (AvgIpc) is 2.93. The van der Waals surface area contributed by atoms with Gasteiger partial charge in [-0.05, 0) is 43.8 Å². The van der Waals surface area contributed by atoms with Crippen LogP contribution in [0.4, 0.5) is 4.79 Å². The Morgan fingerprint density at radius 2 is 2.10 bits per heavy atom. The van der Waals surface area contributed by atoms with Crippen molar-refractivity contribution in [3.63, 3.8) is 0 Å². The van der Waals surface area contributed by atoms with Crippen LogP contribution in [0.3, 0.4) is 0 Å². The fourth-order valence-corrected chi connectivity index (χ4v) is 3.54. The van der Waals surface area contributed by atoms with Crippen LogP contribution in [0.5, 0.6) is 0 Å². The topological polar surface area (TPSA) is 63.7 Å². The van der Waals surface area contributed by atoms with Crippen LogP contribution < -0.4 is 0 Å². The normalized spacial score (nSPS) is 18.8. The number of hydrogen-bond donors (Lipinski definition) is 0. The lowest BCUT2D eigenvalue weighted by Crippen LogP contribution is -2.42. The minimum absolute atomic E-state index is 0.326. The Bertz CT molecular complexity index is 605. The van der Waals surface area contributed by atoms with E-state index in [2.05, 4.69) is 4.74 Å². The molecule has 0 N–H and O–H groups in total. The summed E-state index contributed by atoms with van der Waals surface area (Å²) in [5, 5.41) is -0.451. The van der Waals surface area contributed by atoms with Crippen LogP contribution in [0.1, 0.15) is 16.7 Å². The molecular formula is C13H13NO4S2. The second-order valence-corrected chi connectivity index (χ2v) is 6.51. The van der Waals surface area contributed by atoms with Gasteiger partial charge in [0.2, 0.25) is 0 Å². The van der Waals surface area contributed by atoms with Gasteiger partial charge in [-0.25, -0.2) is 4.79 Å². The van der Waals surface area contributed by atoms with Gasteiger partial charge in [0.05, 0.1) is 12.0 Å². The van der Waals surface area contributed by atoms with E-state index >= 15 is 0 Å². The summed E-state index contributed by atoms with van der Waals surface area (Å²) in [4.78, 5) is 38.8. The van der Waals surface area contributed by atoms with Crippen molar-refractivity contribution in [2.75, 3.05) is 7.11 Å². The zero-order valence-corrected chi connectivity index (χ0v) is 12.8. The van der Waals surface area contributed by atoms with Crippen LogP contribution >= 0.6 is 23.1 Å². The van der Waals surface area contributed by atoms with Crippen LogP contribution in [-0.4, -0.2) is 35.2 Å². The lowest BCUT2D eigenvalue weighted by atomic mass is 10.3. The number of carbonyl (C=O) groups excluding carboxylic acids is 3. The van der Waals surface area contributed by atoms with E-state index < -0.39 is 23.2 Å². The summed E-state index contributed by atoms with van der Waals surface area (Å²) < 4.78 is 4.57. The molecule has 2 rings (SSSR count). The van der Waals surface area contributed by atoms with E-state index in [1.807, 2.05) is 19.1 Å². The van der Waals surface area contributed by atoms with Gasteiger partial charge in [0, 0.05) is 9.75 Å². The van der Waals surface area contributed by atoms with Crippen molar-refractivity contribution in [3.8, 4) is 0 Å². The number of amides is 2. The van der Waals surface area contributed by atoms with E-state index in [1.54, 1.807) is 6.08 Å². The quantitative estimate of drug-likeness (QED) is 0.634. The van der Waals surface area contributed by atoms with Crippen molar-refractivity contribution in [2.24, 2.45) is 0 Å². The maximum atomic E-state index is 12.2. The Labute approximate surface area is 124 Å². The minimum atomic E-state index is -0.913. The molecular weight excluding hydrogens is 298 g/mol. The molecule has 106 valence electrons. The van der Waals surface area contributed by atoms with E-state index in [-0.39, 0.29) is 0 Å². The van der Waals surface area contributed by atoms with Gasteiger partial charge < -0.3 is 4.74 Å². The van der Waals surface area contributed by atoms with Gasteiger partial charge >= 0.3 is 5.97 Å². The molecule has 1 atom stereocenters. The molecule has 0 spiro atoms. The highest BCUT2D eigenvalue weighted by Gasteiger charge is 2.41. The third kappa shape index (κ3) is 2.78. The van der Waals surface area contributed by atoms with Crippen LogP contribution in [-0.2, 0) is 14.3 Å². The van der Waals surface area contributed by atoms with Gasteiger partial charge in [0.25, 0.3) is 11.1 Å². The lowest BCUT2D eigenvalue weighted by molar-refractivity contribution is -0.148. The molecule has 5 nitrogen and oxygen atoms in total. The Hall–Kier alpha value is -1.60. The number of aryl methyl sites for hydroxylation is 1. The van der Waals surface area contributed by atoms with Crippen molar-refractivity contribution in [1.29, 1.82) is 0 Å². The summed E-state index contributed by atoms with van der Waals surface area (Å²) >= 11 is 2.37. The number of thiophene rings is 1. The largest absolute Gasteiger partial charge is 0.467 e. The second kappa shape index (κ2) is 5.80. The molecule has 2 amide bonds. The van der Waals surface area contributed by atoms with Gasteiger partial charge in [0.1, 0.15) is 6.04 Å². The first-order chi connectivity index (χ1) is 9.43. The zero-order valence-electron chi connectivity index (χ0n) is 11.2. The highest BCUT2D eigenvalue weighted by Crippen LogP contribution is 2.34. The molecule has 0 bridgehead atoms. The summed E-state index contributed by atoms with van der Waals surface area (Å²) in [6.07, 6.45) is 1.67. The number of ether oxygens (including phenoxy) is 1. The number of hydrogen-bond acceptors (Lipinski definition) is 6. The molecule has 0 radical (unpaired) electrons. The Balaban J connectivity index is 2.25. The SMILES string of the molecule is COC(=O)[C@@H](C)N1C(=O)S/C(=C\c2ccc(C)s2)C1=O. The van der Waals surface area contributed by atoms with Gasteiger partial charge in [-0.3, -0.25) is 14.5 Å². The summed E-state index contributed by atoms with van der Waals surface area (Å²) in [6, 6.07) is 2.92. The van der Waals surface area contributed by atoms with Crippen LogP contribution in [0.2, 0.25) is 0 Å². The third-order valence-electron chi connectivity index (χ3n) is 2.79. The first kappa shape index (κ1) is 14.8. The van der Waals surface area contributed by atoms with Gasteiger partial charge in [-0.1, -0.05) is 0 Å². The fourth-order valence-electron chi connectivity index (χ4n) is 1.75. The van der Waals surface area contributed by atoms with Crippen molar-refractivity contribution in [2.45, 2.75) is 19.9 Å². The van der Waals surface area contributed by atoms with Crippen LogP contribution in [0, 0.1) is 6.92 Å². The number of carbonyl (C=O) groups is 3. The smallest absolute Gasteiger partial charge is 0.328 e. The van der Waals surface area contributed by atoms with Crippen LogP contribution in [0.15, 0.2) is 17.0 Å². The maximum Gasteiger partial charge on any atom is 0.328 e. The van der Waals surface area contributed by atoms with Crippen molar-refractivity contribution < 1.29 is 19.1 Å². The molecule has 1 aliphatic heterocycles. The van der Waals surface area contributed by atoms with Crippen LogP contribution in [0.25, 0.3) is 6.08 Å². The Kier molecular flexibility index (Phi) is 4.29. The van der Waals surface area contributed by atoms with E-state index in [9.17, 15) is 14.4 Å². The van der Waals surface area contributed by atoms with Gasteiger partial charge in [-0.15, -0.1) is 11.3 Å². The van der Waals surface area contributed by atoms with E-state index in [0.717, 1.165) is 26.4 Å². The molecule has 0 aromatic carbocycles. The molecule has 1 saturated heterocycles. The maximum absolute atomic E-state index is 12.2. The first-order valence-electron chi connectivity index (χ1n) is 5.85. The van der Waals surface area contributed by atoms with Crippen molar-refractivity contribution in [3.05, 3.63) is 26.8 Å². The second-order valence-electron chi connectivity index (χ2n) is 4.20. The predicted octanol–water partition coefficient (Wildman–Crippen LogP) is 2.65. The molecule has 7 heteroatoms. The molecule has 0 aliphatic carbocycles. The average molecular weight is 311 g/mol. The fraction of sp³-hybridized carbons (Fsp3) is 0.308. The number of thioether (sulfide) groups is 1. The highest BCUT2D eigenvalue weighted by molar-refractivity contribution is 8.18. The molecule has 1 aromatic rings. The van der Waals surface area contributed by atoms with Gasteiger partial charge in [-0.2, -0.15) is 0 Å². The summed E-state index contributed by atoms with van der Waals surface area (Å²) in [6.45, 7) is 3.44. The summed E-state index contributed by atoms with van der Waals surface area (Å²) in [5.74, 6) is -1.07. The third-order valence-corrected chi connectivity index (χ3v) is 4.62. The number of methoxy groups -OCH3 is 1. The van der Waals surface area contributed by atoms with E-state index in [0.29, 0.717) is 4.91 Å². The van der Waals surface area contributed by atoms with Crippen molar-refractivity contribution >= 4 is 46.3 Å². The molecule has 1 aliphatic rings. The molecule has 1 aromatic heterocycles. The monoisotopic (exact) mass is 311 g/mol. The summed E-state index contributed by atoms with van der Waals surface area (Å²) in [5.41, 5.74) is 0. The number of rotatable bonds is 3. The van der Waals surface area contributed by atoms with Crippen molar-refractivity contribution in [1.82, 2.24) is 4.90 Å². The van der Waals surface area contributed by atoms with Gasteiger partial charge in [0.15, 0.2) is 0 Å². The lowest BCUT2D eigenvalue weighted by Gasteiger charge is -2.18. The number of nitrogens with zero attached hydrogens (tertiary/aromatic N) is 1. The highest BCUT2D eigenvalue weighted by atomic mass is 32.2. The zero-order chi connectivity index (χ0) is 14.9. The number of esters is 1. The minimum Gasteiger partial charge on any atom is -0.467 e. The Morgan fingerprint density at radius 1 is 1.40 bits per heavy atom. The first-order valence-corrected chi connectivity index (χ1v) is 7.48. The standard InChI is InChI=1S/C13H13NO4S2/c1-7-4-5-9(19-7)6-10-11(15)14(13(17)20-10)8(2)12(16)18-3/h4-6,8H,1-3H3/b10-6-/t8-/m1/s1. The molecule has 1 fully saturated rings. The Morgan fingerprint density at radius 3 is 2.65 bits per heavy atom. The predicted molar refractivity (Wildman–Crippen MR) is 78.3 cm³/mol. The van der Waals surface area contributed by atoms with E-state index in [1.165, 1.54) is 25.4 Å². The van der Waals surface area contributed by atoms with E-state index in [4.69, 9.17) is 0 Å². The molecule has 0 saturated carbocycles.